The zero-order valence-electron chi connectivity index (χ0n) is 13.7. The fraction of sp³-hybridized carbons (Fsp3) is 0.133. The minimum Gasteiger partial charge on any atom is -0.867 e. The Kier molecular flexibility index (Phi) is 5.50. The summed E-state index contributed by atoms with van der Waals surface area (Å²) >= 11 is 5.81. The highest BCUT2D eigenvalue weighted by Gasteiger charge is 2.14. The number of nitrogens with two attached hydrogens (primary N) is 1. The van der Waals surface area contributed by atoms with Gasteiger partial charge in [0.15, 0.2) is 0 Å². The van der Waals surface area contributed by atoms with Gasteiger partial charge in [0.1, 0.15) is 0 Å². The highest BCUT2D eigenvalue weighted by molar-refractivity contribution is 7.89. The maximum Gasteiger partial charge on any atom is 0.263 e. The van der Waals surface area contributed by atoms with Crippen LogP contribution in [0.2, 0.25) is 5.02 Å². The highest BCUT2D eigenvalue weighted by atomic mass is 35.5. The van der Waals surface area contributed by atoms with Crippen LogP contribution in [0, 0.1) is 10.1 Å². The SMILES string of the molecule is CN(C)c1ccc(S(N)(=O)=O)cc1N=Cc1cc(Cl)cc([N+](=O)[O-])c1[O-]. The Labute approximate surface area is 154 Å². The van der Waals surface area contributed by atoms with Gasteiger partial charge in [-0.15, -0.1) is 0 Å². The third-order valence-electron chi connectivity index (χ3n) is 3.36. The van der Waals surface area contributed by atoms with Crippen molar-refractivity contribution in [3.05, 3.63) is 51.0 Å². The molecule has 0 aromatic heterocycles. The molecular weight excluding hydrogens is 384 g/mol. The number of hydrogen-bond donors (Lipinski definition) is 1. The smallest absolute Gasteiger partial charge is 0.263 e. The van der Waals surface area contributed by atoms with E-state index < -0.39 is 26.4 Å². The van der Waals surface area contributed by atoms with E-state index in [2.05, 4.69) is 4.99 Å². The number of halogens is 1. The molecule has 0 atom stereocenters. The second-order valence-corrected chi connectivity index (χ2v) is 7.45. The van der Waals surface area contributed by atoms with E-state index in [4.69, 9.17) is 16.7 Å². The molecule has 0 fully saturated rings. The number of anilines is 1. The molecule has 0 bridgehead atoms. The molecule has 0 heterocycles. The average molecular weight is 398 g/mol. The van der Waals surface area contributed by atoms with Crippen molar-refractivity contribution in [3.63, 3.8) is 0 Å². The molecule has 0 amide bonds. The number of benzene rings is 2. The van der Waals surface area contributed by atoms with Crippen molar-refractivity contribution in [2.75, 3.05) is 19.0 Å². The summed E-state index contributed by atoms with van der Waals surface area (Å²) in [6.45, 7) is 0. The molecule has 0 aliphatic heterocycles. The van der Waals surface area contributed by atoms with E-state index in [0.29, 0.717) is 5.69 Å². The van der Waals surface area contributed by atoms with E-state index >= 15 is 0 Å². The molecule has 0 saturated heterocycles. The van der Waals surface area contributed by atoms with Crippen LogP contribution in [-0.4, -0.2) is 33.7 Å². The standard InChI is InChI=1S/C15H15ClN4O5S/c1-19(2)13-4-3-11(26(17,24)25)7-12(13)18-8-9-5-10(16)6-14(15(9)21)20(22)23/h3-8,21H,1-2H3,(H2,17,24,25)/p-1. The molecule has 2 rings (SSSR count). The first kappa shape index (κ1) is 19.6. The summed E-state index contributed by atoms with van der Waals surface area (Å²) in [5, 5.41) is 28.1. The van der Waals surface area contributed by atoms with Crippen LogP contribution in [0.4, 0.5) is 17.1 Å². The predicted octanol–water partition coefficient (Wildman–Crippen LogP) is 1.79. The first-order valence-corrected chi connectivity index (χ1v) is 8.96. The van der Waals surface area contributed by atoms with E-state index in [0.717, 1.165) is 12.3 Å². The number of hydrogen-bond acceptors (Lipinski definition) is 7. The number of nitro groups is 1. The van der Waals surface area contributed by atoms with Crippen molar-refractivity contribution in [1.29, 1.82) is 0 Å². The van der Waals surface area contributed by atoms with Gasteiger partial charge in [-0.25, -0.2) is 13.6 Å². The van der Waals surface area contributed by atoms with Gasteiger partial charge in [-0.3, -0.25) is 15.1 Å². The minimum absolute atomic E-state index is 0.00358. The van der Waals surface area contributed by atoms with Gasteiger partial charge < -0.3 is 10.0 Å². The molecule has 2 aromatic carbocycles. The summed E-state index contributed by atoms with van der Waals surface area (Å²) in [4.78, 5) is 15.7. The highest BCUT2D eigenvalue weighted by Crippen LogP contribution is 2.32. The maximum absolute atomic E-state index is 12.1. The van der Waals surface area contributed by atoms with Crippen molar-refractivity contribution in [3.8, 4) is 5.75 Å². The molecule has 2 aromatic rings. The molecule has 26 heavy (non-hydrogen) atoms. The van der Waals surface area contributed by atoms with Crippen LogP contribution in [0.25, 0.3) is 0 Å². The summed E-state index contributed by atoms with van der Waals surface area (Å²) in [5.41, 5.74) is -0.0128. The van der Waals surface area contributed by atoms with Crippen molar-refractivity contribution in [2.24, 2.45) is 10.1 Å². The molecule has 2 N–H and O–H groups in total. The van der Waals surface area contributed by atoms with Crippen molar-refractivity contribution >= 4 is 44.9 Å². The molecule has 138 valence electrons. The van der Waals surface area contributed by atoms with Gasteiger partial charge in [-0.05, 0) is 35.6 Å². The van der Waals surface area contributed by atoms with Crippen molar-refractivity contribution in [1.82, 2.24) is 0 Å². The fourth-order valence-corrected chi connectivity index (χ4v) is 2.89. The summed E-state index contributed by atoms with van der Waals surface area (Å²) in [7, 11) is -0.515. The molecule has 0 radical (unpaired) electrons. The second-order valence-electron chi connectivity index (χ2n) is 5.45. The summed E-state index contributed by atoms with van der Waals surface area (Å²) < 4.78 is 23.1. The van der Waals surface area contributed by atoms with Crippen LogP contribution in [0.15, 0.2) is 40.2 Å². The summed E-state index contributed by atoms with van der Waals surface area (Å²) in [6, 6.07) is 6.26. The van der Waals surface area contributed by atoms with Crippen LogP contribution >= 0.6 is 11.6 Å². The van der Waals surface area contributed by atoms with Crippen LogP contribution in [0.1, 0.15) is 5.56 Å². The first-order chi connectivity index (χ1) is 12.0. The zero-order chi connectivity index (χ0) is 19.6. The fourth-order valence-electron chi connectivity index (χ4n) is 2.13. The van der Waals surface area contributed by atoms with Crippen molar-refractivity contribution < 1.29 is 18.4 Å². The van der Waals surface area contributed by atoms with Gasteiger partial charge in [0.05, 0.1) is 21.2 Å². The van der Waals surface area contributed by atoms with Crippen LogP contribution in [0.3, 0.4) is 0 Å². The number of rotatable bonds is 5. The molecule has 0 saturated carbocycles. The Hall–Kier alpha value is -2.69. The van der Waals surface area contributed by atoms with Gasteiger partial charge in [0, 0.05) is 31.4 Å². The lowest BCUT2D eigenvalue weighted by molar-refractivity contribution is -0.398. The average Bonchev–Trinajstić information content (AvgIpc) is 2.53. The summed E-state index contributed by atoms with van der Waals surface area (Å²) in [5.74, 6) is -0.850. The minimum atomic E-state index is -3.95. The maximum atomic E-state index is 12.1. The van der Waals surface area contributed by atoms with Crippen LogP contribution in [-0.2, 0) is 10.0 Å². The number of sulfonamides is 1. The zero-order valence-corrected chi connectivity index (χ0v) is 15.3. The van der Waals surface area contributed by atoms with Gasteiger partial charge >= 0.3 is 0 Å². The predicted molar refractivity (Wildman–Crippen MR) is 96.9 cm³/mol. The van der Waals surface area contributed by atoms with E-state index in [1.165, 1.54) is 24.3 Å². The van der Waals surface area contributed by atoms with Gasteiger partial charge in [0.25, 0.3) is 5.69 Å². The second kappa shape index (κ2) is 7.28. The van der Waals surface area contributed by atoms with Crippen LogP contribution in [0.5, 0.6) is 5.75 Å². The van der Waals surface area contributed by atoms with E-state index in [9.17, 15) is 23.6 Å². The molecule has 11 heteroatoms. The first-order valence-electron chi connectivity index (χ1n) is 7.04. The van der Waals surface area contributed by atoms with Gasteiger partial charge in [0.2, 0.25) is 10.0 Å². The molecule has 0 unspecified atom stereocenters. The molecule has 0 spiro atoms. The lowest BCUT2D eigenvalue weighted by atomic mass is 10.2. The third-order valence-corrected chi connectivity index (χ3v) is 4.49. The van der Waals surface area contributed by atoms with Crippen molar-refractivity contribution in [2.45, 2.75) is 4.90 Å². The quantitative estimate of drug-likeness (QED) is 0.463. The monoisotopic (exact) mass is 397 g/mol. The lowest BCUT2D eigenvalue weighted by Crippen LogP contribution is -2.13. The molecule has 0 aliphatic carbocycles. The van der Waals surface area contributed by atoms with E-state index in [1.54, 1.807) is 19.0 Å². The number of aliphatic imine (C=N–C) groups is 1. The lowest BCUT2D eigenvalue weighted by Gasteiger charge is -2.16. The topological polar surface area (TPSA) is 142 Å². The van der Waals surface area contributed by atoms with Gasteiger partial charge in [-0.1, -0.05) is 11.6 Å². The Balaban J connectivity index is 2.59. The largest absolute Gasteiger partial charge is 0.867 e. The van der Waals surface area contributed by atoms with Gasteiger partial charge in [-0.2, -0.15) is 0 Å². The van der Waals surface area contributed by atoms with Crippen LogP contribution < -0.4 is 15.1 Å². The number of nitro benzene ring substituents is 1. The molecule has 9 nitrogen and oxygen atoms in total. The normalized spacial score (nSPS) is 11.7. The Morgan fingerprint density at radius 3 is 2.46 bits per heavy atom. The number of nitrogens with zero attached hydrogens (tertiary/aromatic N) is 3. The number of primary sulfonamides is 1. The van der Waals surface area contributed by atoms with E-state index in [1.807, 2.05) is 0 Å². The van der Waals surface area contributed by atoms with E-state index in [-0.39, 0.29) is 21.2 Å². The summed E-state index contributed by atoms with van der Waals surface area (Å²) in [6.07, 6.45) is 1.09. The molecular formula is C15H14ClN4O5S-. The molecule has 0 aliphatic rings. The Morgan fingerprint density at radius 2 is 1.92 bits per heavy atom. The third kappa shape index (κ3) is 4.28. The Bertz CT molecular complexity index is 1010. The Morgan fingerprint density at radius 1 is 1.27 bits per heavy atom.